The average molecular weight is 627 g/mol. The first-order valence-corrected chi connectivity index (χ1v) is 15.9. The molecule has 230 valence electrons. The molecule has 1 aliphatic heterocycles. The number of H-pyrrole nitrogens is 1. The molecule has 2 heterocycles. The number of ether oxygens (including phenoxy) is 1. The molecule has 1 unspecified atom stereocenters. The number of rotatable bonds is 9. The van der Waals surface area contributed by atoms with Crippen molar-refractivity contribution in [3.63, 3.8) is 0 Å². The Labute approximate surface area is 273 Å². The van der Waals surface area contributed by atoms with Gasteiger partial charge >= 0.3 is 29.6 Å². The van der Waals surface area contributed by atoms with Crippen LogP contribution in [0.2, 0.25) is 0 Å². The van der Waals surface area contributed by atoms with Crippen molar-refractivity contribution < 1.29 is 66.8 Å². The molecule has 4 N–H and O–H groups in total. The van der Waals surface area contributed by atoms with Crippen molar-refractivity contribution in [1.29, 1.82) is 0 Å². The standard InChI is InChI=1S/C29H40N4O8S.Na/c1-15(28(37)42(38,39)40)30-26(35)24-22-18(29(22,2)3)14-33(24)27(36)23(16-9-6-5-7-10-16)32-25(34)20-13-17-19(31-20)11-8-12-21(17)41-4;/h8,11-13,15-16,18,22-24,28,31,37H,5-7,9-10,14H2,1-4H3,(H,30,35)(H,32,34)(H,38,39,40);/q;+1/p-1/t15-,18-,22-,23-,24-,28?;/m0./s1. The number of nitrogens with one attached hydrogen (secondary N) is 3. The summed E-state index contributed by atoms with van der Waals surface area (Å²) in [6.45, 7) is 5.56. The number of hydrogen-bond acceptors (Lipinski definition) is 8. The molecule has 2 aliphatic carbocycles. The number of aliphatic hydroxyl groups excluding tert-OH is 1. The molecule has 3 amide bonds. The van der Waals surface area contributed by atoms with Crippen LogP contribution in [0.15, 0.2) is 24.3 Å². The van der Waals surface area contributed by atoms with Gasteiger partial charge in [-0.05, 0) is 61.1 Å². The van der Waals surface area contributed by atoms with E-state index < -0.39 is 45.5 Å². The zero-order valence-electron chi connectivity index (χ0n) is 25.3. The third kappa shape index (κ3) is 6.48. The van der Waals surface area contributed by atoms with Crippen molar-refractivity contribution in [3.05, 3.63) is 30.0 Å². The van der Waals surface area contributed by atoms with Crippen molar-refractivity contribution in [3.8, 4) is 5.75 Å². The second kappa shape index (κ2) is 12.7. The van der Waals surface area contributed by atoms with Gasteiger partial charge in [0, 0.05) is 17.4 Å². The first-order chi connectivity index (χ1) is 19.8. The van der Waals surface area contributed by atoms with E-state index in [1.807, 2.05) is 26.0 Å². The molecule has 6 atom stereocenters. The number of fused-ring (bicyclic) bond motifs is 2. The Balaban J connectivity index is 0.00000423. The van der Waals surface area contributed by atoms with Gasteiger partial charge in [0.2, 0.25) is 11.8 Å². The molecule has 0 radical (unpaired) electrons. The van der Waals surface area contributed by atoms with Crippen molar-refractivity contribution >= 4 is 38.7 Å². The number of amides is 3. The minimum absolute atomic E-state index is 0. The summed E-state index contributed by atoms with van der Waals surface area (Å²) < 4.78 is 39.4. The van der Waals surface area contributed by atoms with E-state index in [2.05, 4.69) is 15.6 Å². The van der Waals surface area contributed by atoms with Crippen LogP contribution < -0.4 is 44.9 Å². The topological polar surface area (TPSA) is 181 Å². The number of aromatic nitrogens is 1. The number of hydrogen-bond donors (Lipinski definition) is 4. The van der Waals surface area contributed by atoms with Crippen LogP contribution in [0.5, 0.6) is 5.75 Å². The van der Waals surface area contributed by atoms with Gasteiger partial charge in [-0.1, -0.05) is 39.2 Å². The fourth-order valence-electron chi connectivity index (χ4n) is 7.12. The molecule has 1 aromatic carbocycles. The van der Waals surface area contributed by atoms with E-state index in [0.29, 0.717) is 12.3 Å². The van der Waals surface area contributed by atoms with Crippen molar-refractivity contribution in [2.45, 2.75) is 76.4 Å². The molecule has 1 aromatic heterocycles. The van der Waals surface area contributed by atoms with Crippen LogP contribution in [0.1, 0.15) is 63.4 Å². The predicted octanol–water partition coefficient (Wildman–Crippen LogP) is -1.29. The molecule has 14 heteroatoms. The molecule has 2 saturated carbocycles. The quantitative estimate of drug-likeness (QED) is 0.196. The van der Waals surface area contributed by atoms with Crippen LogP contribution in [-0.2, 0) is 19.7 Å². The summed E-state index contributed by atoms with van der Waals surface area (Å²) in [7, 11) is -3.51. The molecule has 43 heavy (non-hydrogen) atoms. The van der Waals surface area contributed by atoms with Crippen molar-refractivity contribution in [2.24, 2.45) is 23.2 Å². The van der Waals surface area contributed by atoms with E-state index in [1.54, 1.807) is 19.2 Å². The third-order valence-electron chi connectivity index (χ3n) is 9.62. The Morgan fingerprint density at radius 1 is 1.16 bits per heavy atom. The maximum atomic E-state index is 14.3. The Bertz CT molecular complexity index is 1490. The molecular formula is C29H39N4NaO8S. The predicted molar refractivity (Wildman–Crippen MR) is 152 cm³/mol. The zero-order chi connectivity index (χ0) is 30.6. The van der Waals surface area contributed by atoms with E-state index in [0.717, 1.165) is 43.0 Å². The number of aliphatic hydroxyl groups is 1. The van der Waals surface area contributed by atoms with Crippen LogP contribution in [0.3, 0.4) is 0 Å². The number of benzene rings is 1. The molecule has 5 rings (SSSR count). The molecule has 2 aromatic rings. The molecule has 1 saturated heterocycles. The van der Waals surface area contributed by atoms with Crippen molar-refractivity contribution in [1.82, 2.24) is 20.5 Å². The van der Waals surface area contributed by atoms with Gasteiger partial charge in [-0.3, -0.25) is 14.4 Å². The SMILES string of the molecule is COc1cccc2[nH]c(C(=O)N[C@H](C(=O)N3C[C@H]4[C@@H]([C@H]3C(=O)N[C@@H](C)C(O)S(=O)(=O)[O-])C4(C)C)C3CCCCC3)cc12.[Na+]. The Hall–Kier alpha value is -2.16. The summed E-state index contributed by atoms with van der Waals surface area (Å²) in [5, 5.41) is 16.1. The van der Waals surface area contributed by atoms with E-state index in [9.17, 15) is 32.5 Å². The molecule has 12 nitrogen and oxygen atoms in total. The monoisotopic (exact) mass is 626 g/mol. The van der Waals surface area contributed by atoms with Gasteiger partial charge in [0.1, 0.15) is 33.6 Å². The minimum Gasteiger partial charge on any atom is -0.746 e. The first-order valence-electron chi connectivity index (χ1n) is 14.5. The van der Waals surface area contributed by atoms with Crippen LogP contribution in [0.4, 0.5) is 0 Å². The number of aromatic amines is 1. The van der Waals surface area contributed by atoms with E-state index in [-0.39, 0.29) is 64.3 Å². The molecule has 0 spiro atoms. The second-order valence-electron chi connectivity index (χ2n) is 12.5. The van der Waals surface area contributed by atoms with Gasteiger partial charge in [0.15, 0.2) is 5.44 Å². The maximum absolute atomic E-state index is 14.3. The Kier molecular flexibility index (Phi) is 9.95. The Morgan fingerprint density at radius 2 is 1.84 bits per heavy atom. The molecule has 3 fully saturated rings. The number of carbonyl (C=O) groups is 3. The fourth-order valence-corrected chi connectivity index (χ4v) is 7.69. The largest absolute Gasteiger partial charge is 1.00 e. The smallest absolute Gasteiger partial charge is 0.746 e. The van der Waals surface area contributed by atoms with Gasteiger partial charge in [-0.2, -0.15) is 0 Å². The van der Waals surface area contributed by atoms with Gasteiger partial charge in [0.05, 0.1) is 13.2 Å². The molecular weight excluding hydrogens is 587 g/mol. The minimum atomic E-state index is -5.06. The zero-order valence-corrected chi connectivity index (χ0v) is 28.1. The van der Waals surface area contributed by atoms with E-state index in [4.69, 9.17) is 4.74 Å². The average Bonchev–Trinajstić information content (AvgIpc) is 3.33. The normalized spacial score (nSPS) is 25.2. The van der Waals surface area contributed by atoms with Gasteiger partial charge < -0.3 is 34.9 Å². The summed E-state index contributed by atoms with van der Waals surface area (Å²) in [5.41, 5.74) is -1.54. The second-order valence-corrected chi connectivity index (χ2v) is 14.0. The Morgan fingerprint density at radius 3 is 2.47 bits per heavy atom. The summed E-state index contributed by atoms with van der Waals surface area (Å²) >= 11 is 0. The third-order valence-corrected chi connectivity index (χ3v) is 10.6. The molecule has 3 aliphatic rings. The van der Waals surface area contributed by atoms with Crippen LogP contribution in [0, 0.1) is 23.2 Å². The van der Waals surface area contributed by atoms with E-state index >= 15 is 0 Å². The first kappa shape index (κ1) is 33.7. The van der Waals surface area contributed by atoms with Crippen LogP contribution >= 0.6 is 0 Å². The summed E-state index contributed by atoms with van der Waals surface area (Å²) in [6, 6.07) is 3.96. The maximum Gasteiger partial charge on any atom is 1.00 e. The number of nitrogens with zero attached hydrogens (tertiary/aromatic N) is 1. The van der Waals surface area contributed by atoms with Gasteiger partial charge in [-0.15, -0.1) is 0 Å². The summed E-state index contributed by atoms with van der Waals surface area (Å²) in [4.78, 5) is 45.9. The van der Waals surface area contributed by atoms with Crippen LogP contribution in [-0.4, -0.2) is 82.9 Å². The van der Waals surface area contributed by atoms with Crippen molar-refractivity contribution in [2.75, 3.05) is 13.7 Å². The van der Waals surface area contributed by atoms with E-state index in [1.165, 1.54) is 11.8 Å². The summed E-state index contributed by atoms with van der Waals surface area (Å²) in [5.74, 6) is -1.08. The number of carbonyl (C=O) groups excluding carboxylic acids is 3. The molecule has 0 bridgehead atoms. The number of methoxy groups -OCH3 is 1. The number of likely N-dealkylation sites (tertiary alicyclic amines) is 1. The number of piperidine rings is 1. The summed E-state index contributed by atoms with van der Waals surface area (Å²) in [6.07, 6.45) is 4.41. The fraction of sp³-hybridized carbons (Fsp3) is 0.621. The van der Waals surface area contributed by atoms with Gasteiger partial charge in [0.25, 0.3) is 5.91 Å². The van der Waals surface area contributed by atoms with Crippen LogP contribution in [0.25, 0.3) is 10.9 Å². The van der Waals surface area contributed by atoms with Gasteiger partial charge in [-0.25, -0.2) is 8.42 Å².